The quantitative estimate of drug-likeness (QED) is 0.657. The Hall–Kier alpha value is -3.11. The maximum atomic E-state index is 13.5. The van der Waals surface area contributed by atoms with E-state index < -0.39 is 10.0 Å². The van der Waals surface area contributed by atoms with Gasteiger partial charge < -0.3 is 19.3 Å². The van der Waals surface area contributed by atoms with Crippen LogP contribution in [0.2, 0.25) is 0 Å². The van der Waals surface area contributed by atoms with E-state index in [1.54, 1.807) is 18.2 Å². The highest BCUT2D eigenvalue weighted by atomic mass is 32.2. The van der Waals surface area contributed by atoms with Crippen LogP contribution in [0.25, 0.3) is 0 Å². The summed E-state index contributed by atoms with van der Waals surface area (Å²) in [5.74, 6) is 2.03. The molecular formula is C24H26N4O5S. The average Bonchev–Trinajstić information content (AvgIpc) is 3.57. The lowest BCUT2D eigenvalue weighted by Gasteiger charge is -2.37. The molecule has 0 aromatic heterocycles. The third kappa shape index (κ3) is 3.70. The Morgan fingerprint density at radius 2 is 1.79 bits per heavy atom. The van der Waals surface area contributed by atoms with Gasteiger partial charge in [-0.25, -0.2) is 0 Å². The zero-order valence-corrected chi connectivity index (χ0v) is 19.5. The topological polar surface area (TPSA) is 91.8 Å². The number of likely N-dealkylation sites (tertiary alicyclic amines) is 1. The Kier molecular flexibility index (Phi) is 5.22. The zero-order valence-electron chi connectivity index (χ0n) is 18.7. The second-order valence-corrected chi connectivity index (χ2v) is 10.6. The summed E-state index contributed by atoms with van der Waals surface area (Å²) in [7, 11) is -3.71. The van der Waals surface area contributed by atoms with E-state index >= 15 is 0 Å². The molecule has 34 heavy (non-hydrogen) atoms. The van der Waals surface area contributed by atoms with Gasteiger partial charge in [-0.1, -0.05) is 18.2 Å². The summed E-state index contributed by atoms with van der Waals surface area (Å²) in [6.45, 7) is 4.55. The minimum Gasteiger partial charge on any atom is -0.454 e. The van der Waals surface area contributed by atoms with Crippen molar-refractivity contribution in [3.63, 3.8) is 0 Å². The molecule has 0 bridgehead atoms. The number of fused-ring (bicyclic) bond motifs is 2. The van der Waals surface area contributed by atoms with Crippen LogP contribution in [0.15, 0.2) is 51.8 Å². The van der Waals surface area contributed by atoms with Gasteiger partial charge in [0.2, 0.25) is 12.7 Å². The molecule has 0 saturated carbocycles. The molecule has 1 amide bonds. The zero-order chi connectivity index (χ0) is 23.3. The number of carbonyl (C=O) groups is 1. The largest absolute Gasteiger partial charge is 0.454 e. The molecule has 0 aliphatic carbocycles. The van der Waals surface area contributed by atoms with Crippen molar-refractivity contribution in [1.82, 2.24) is 14.7 Å². The summed E-state index contributed by atoms with van der Waals surface area (Å²) >= 11 is 0. The standard InChI is InChI=1S/C24H26N4O5S/c29-24(19-5-3-9-28(19)23-18-4-1-2-6-22(18)34(30,31)25-23)27-12-10-26(11-13-27)15-17-7-8-20-21(14-17)33-16-32-20/h1-2,4,6-8,14,19H,3,5,9-13,15-16H2/t19-/m1/s1. The fourth-order valence-corrected chi connectivity index (χ4v) is 6.42. The van der Waals surface area contributed by atoms with Crippen molar-refractivity contribution < 1.29 is 22.7 Å². The van der Waals surface area contributed by atoms with E-state index in [1.807, 2.05) is 28.0 Å². The van der Waals surface area contributed by atoms with E-state index in [9.17, 15) is 13.2 Å². The van der Waals surface area contributed by atoms with Gasteiger partial charge in [0.25, 0.3) is 10.0 Å². The molecule has 4 aliphatic rings. The van der Waals surface area contributed by atoms with Gasteiger partial charge in [0.15, 0.2) is 17.3 Å². The number of nitrogens with zero attached hydrogens (tertiary/aromatic N) is 4. The third-order valence-electron chi connectivity index (χ3n) is 6.95. The SMILES string of the molecule is O=C([C@H]1CCCN1C1=NS(=O)(=O)c2ccccc21)N1CCN(Cc2ccc3c(c2)OCO3)CC1. The van der Waals surface area contributed by atoms with E-state index in [0.717, 1.165) is 43.1 Å². The summed E-state index contributed by atoms with van der Waals surface area (Å²) in [6.07, 6.45) is 1.54. The summed E-state index contributed by atoms with van der Waals surface area (Å²) in [4.78, 5) is 19.8. The highest BCUT2D eigenvalue weighted by Crippen LogP contribution is 2.33. The van der Waals surface area contributed by atoms with E-state index in [2.05, 4.69) is 15.4 Å². The number of amides is 1. The van der Waals surface area contributed by atoms with Crippen LogP contribution in [0.4, 0.5) is 0 Å². The Labute approximate surface area is 198 Å². The lowest BCUT2D eigenvalue weighted by Crippen LogP contribution is -2.54. The number of benzene rings is 2. The van der Waals surface area contributed by atoms with Crippen LogP contribution in [0.5, 0.6) is 11.5 Å². The first-order valence-corrected chi connectivity index (χ1v) is 13.0. The van der Waals surface area contributed by atoms with Gasteiger partial charge >= 0.3 is 0 Å². The number of hydrogen-bond acceptors (Lipinski definition) is 7. The average molecular weight is 483 g/mol. The van der Waals surface area contributed by atoms with Gasteiger partial charge in [-0.2, -0.15) is 8.42 Å². The minimum absolute atomic E-state index is 0.0599. The lowest BCUT2D eigenvalue weighted by molar-refractivity contribution is -0.136. The summed E-state index contributed by atoms with van der Waals surface area (Å²) in [5.41, 5.74) is 1.75. The van der Waals surface area contributed by atoms with Crippen LogP contribution in [-0.2, 0) is 21.4 Å². The molecule has 4 heterocycles. The lowest BCUT2D eigenvalue weighted by atomic mass is 10.1. The van der Waals surface area contributed by atoms with Crippen molar-refractivity contribution in [2.24, 2.45) is 4.40 Å². The Morgan fingerprint density at radius 3 is 2.65 bits per heavy atom. The molecule has 1 atom stereocenters. The first kappa shape index (κ1) is 21.4. The summed E-state index contributed by atoms with van der Waals surface area (Å²) in [6, 6.07) is 12.5. The van der Waals surface area contributed by atoms with Gasteiger partial charge in [-0.05, 0) is 42.7 Å². The van der Waals surface area contributed by atoms with Crippen molar-refractivity contribution in [3.05, 3.63) is 53.6 Å². The van der Waals surface area contributed by atoms with Gasteiger partial charge in [0.1, 0.15) is 10.9 Å². The van der Waals surface area contributed by atoms with Crippen molar-refractivity contribution in [2.75, 3.05) is 39.5 Å². The molecule has 2 saturated heterocycles. The molecule has 0 unspecified atom stereocenters. The van der Waals surface area contributed by atoms with E-state index in [4.69, 9.17) is 9.47 Å². The van der Waals surface area contributed by atoms with E-state index in [0.29, 0.717) is 37.5 Å². The predicted molar refractivity (Wildman–Crippen MR) is 124 cm³/mol. The van der Waals surface area contributed by atoms with Crippen molar-refractivity contribution in [2.45, 2.75) is 30.3 Å². The summed E-state index contributed by atoms with van der Waals surface area (Å²) < 4.78 is 39.9. The number of ether oxygens (including phenoxy) is 2. The summed E-state index contributed by atoms with van der Waals surface area (Å²) in [5, 5.41) is 0. The highest BCUT2D eigenvalue weighted by molar-refractivity contribution is 7.90. The number of carbonyl (C=O) groups excluding carboxylic acids is 1. The second-order valence-electron chi connectivity index (χ2n) is 9.03. The maximum Gasteiger partial charge on any atom is 0.285 e. The molecule has 0 N–H and O–H groups in total. The molecule has 0 spiro atoms. The van der Waals surface area contributed by atoms with Crippen molar-refractivity contribution in [3.8, 4) is 11.5 Å². The van der Waals surface area contributed by atoms with Gasteiger partial charge in [0.05, 0.1) is 0 Å². The first-order valence-electron chi connectivity index (χ1n) is 11.6. The normalized spacial score (nSPS) is 23.2. The molecule has 2 aromatic carbocycles. The smallest absolute Gasteiger partial charge is 0.285 e. The second kappa shape index (κ2) is 8.28. The number of amidine groups is 1. The molecule has 10 heteroatoms. The maximum absolute atomic E-state index is 13.5. The van der Waals surface area contributed by atoms with Crippen LogP contribution in [-0.4, -0.2) is 80.4 Å². The van der Waals surface area contributed by atoms with Gasteiger partial charge in [-0.3, -0.25) is 9.69 Å². The number of rotatable bonds is 3. The van der Waals surface area contributed by atoms with Crippen molar-refractivity contribution in [1.29, 1.82) is 0 Å². The Balaban J connectivity index is 1.11. The molecule has 6 rings (SSSR count). The van der Waals surface area contributed by atoms with Crippen LogP contribution in [0.3, 0.4) is 0 Å². The number of sulfonamides is 1. The molecule has 0 radical (unpaired) electrons. The molecule has 4 aliphatic heterocycles. The van der Waals surface area contributed by atoms with Crippen LogP contribution < -0.4 is 9.47 Å². The van der Waals surface area contributed by atoms with Gasteiger partial charge in [-0.15, -0.1) is 4.40 Å². The molecule has 9 nitrogen and oxygen atoms in total. The molecular weight excluding hydrogens is 456 g/mol. The predicted octanol–water partition coefficient (Wildman–Crippen LogP) is 1.67. The Bertz CT molecular complexity index is 1270. The van der Waals surface area contributed by atoms with E-state index in [-0.39, 0.29) is 23.6 Å². The fourth-order valence-electron chi connectivity index (χ4n) is 5.21. The molecule has 2 fully saturated rings. The molecule has 178 valence electrons. The first-order chi connectivity index (χ1) is 16.5. The Morgan fingerprint density at radius 1 is 1.00 bits per heavy atom. The third-order valence-corrected chi connectivity index (χ3v) is 8.27. The van der Waals surface area contributed by atoms with E-state index in [1.165, 1.54) is 0 Å². The van der Waals surface area contributed by atoms with Crippen molar-refractivity contribution >= 4 is 21.8 Å². The molecule has 2 aromatic rings. The highest BCUT2D eigenvalue weighted by Gasteiger charge is 2.41. The number of piperazine rings is 1. The minimum atomic E-state index is -3.71. The van der Waals surface area contributed by atoms with Crippen LogP contribution >= 0.6 is 0 Å². The van der Waals surface area contributed by atoms with Gasteiger partial charge in [0, 0.05) is 44.8 Å². The van der Waals surface area contributed by atoms with Crippen LogP contribution in [0.1, 0.15) is 24.0 Å². The van der Waals surface area contributed by atoms with Crippen LogP contribution in [0, 0.1) is 0 Å². The number of hydrogen-bond donors (Lipinski definition) is 0. The fraction of sp³-hybridized carbons (Fsp3) is 0.417. The monoisotopic (exact) mass is 482 g/mol.